The molecule has 0 aromatic heterocycles. The van der Waals surface area contributed by atoms with Crippen molar-refractivity contribution in [1.29, 1.82) is 0 Å². The Hall–Kier alpha value is -1.80. The summed E-state index contributed by atoms with van der Waals surface area (Å²) in [7, 11) is 1.34. The number of carbonyl (C=O) groups is 1. The third kappa shape index (κ3) is 47.3. The molecule has 8 nitrogen and oxygen atoms in total. The molecule has 0 spiro atoms. The minimum absolute atomic E-state index is 0.0208. The van der Waals surface area contributed by atoms with Crippen LogP contribution >= 0.6 is 7.82 Å². The summed E-state index contributed by atoms with van der Waals surface area (Å²) in [4.78, 5) is 25.1. The van der Waals surface area contributed by atoms with Gasteiger partial charge in [0.1, 0.15) is 19.3 Å². The molecular weight excluding hydrogens is 770 g/mol. The number of allylic oxidation sites excluding steroid dienone is 10. The first-order valence-corrected chi connectivity index (χ1v) is 26.0. The Balaban J connectivity index is 4.21. The molecular formula is C51H94NO7P. The van der Waals surface area contributed by atoms with Crippen LogP contribution < -0.4 is 4.89 Å². The number of nitrogens with zero attached hydrogens (tertiary/aromatic N) is 1. The van der Waals surface area contributed by atoms with Crippen LogP contribution in [0.15, 0.2) is 60.8 Å². The molecule has 0 bridgehead atoms. The van der Waals surface area contributed by atoms with Crippen molar-refractivity contribution in [2.24, 2.45) is 0 Å². The van der Waals surface area contributed by atoms with E-state index >= 15 is 0 Å². The van der Waals surface area contributed by atoms with Crippen LogP contribution in [0.1, 0.15) is 200 Å². The Labute approximate surface area is 370 Å². The predicted molar refractivity (Wildman–Crippen MR) is 254 cm³/mol. The van der Waals surface area contributed by atoms with Gasteiger partial charge in [-0.05, 0) is 77.0 Å². The zero-order chi connectivity index (χ0) is 44.1. The van der Waals surface area contributed by atoms with E-state index in [4.69, 9.17) is 18.5 Å². The molecule has 0 saturated heterocycles. The second kappa shape index (κ2) is 43.8. The third-order valence-electron chi connectivity index (χ3n) is 10.3. The molecule has 0 aliphatic carbocycles. The van der Waals surface area contributed by atoms with E-state index in [1.54, 1.807) is 0 Å². The van der Waals surface area contributed by atoms with Gasteiger partial charge in [-0.1, -0.05) is 177 Å². The Morgan fingerprint density at radius 1 is 0.533 bits per heavy atom. The van der Waals surface area contributed by atoms with Crippen LogP contribution in [0.3, 0.4) is 0 Å². The maximum atomic E-state index is 12.7. The number of unbranched alkanes of at least 4 members (excludes halogenated alkanes) is 21. The van der Waals surface area contributed by atoms with Crippen molar-refractivity contribution in [2.75, 3.05) is 54.1 Å². The van der Waals surface area contributed by atoms with E-state index < -0.39 is 13.9 Å². The van der Waals surface area contributed by atoms with Gasteiger partial charge in [-0.25, -0.2) is 0 Å². The number of hydrogen-bond acceptors (Lipinski definition) is 7. The summed E-state index contributed by atoms with van der Waals surface area (Å²) in [5, 5.41) is 0. The summed E-state index contributed by atoms with van der Waals surface area (Å²) in [5.41, 5.74) is 0. The van der Waals surface area contributed by atoms with Gasteiger partial charge in [0.25, 0.3) is 7.82 Å². The lowest BCUT2D eigenvalue weighted by molar-refractivity contribution is -0.870. The van der Waals surface area contributed by atoms with E-state index in [-0.39, 0.29) is 25.8 Å². The van der Waals surface area contributed by atoms with Crippen LogP contribution in [0.5, 0.6) is 0 Å². The molecule has 9 heteroatoms. The van der Waals surface area contributed by atoms with Crippen molar-refractivity contribution < 1.29 is 37.3 Å². The van der Waals surface area contributed by atoms with E-state index in [1.165, 1.54) is 109 Å². The van der Waals surface area contributed by atoms with Gasteiger partial charge in [0.15, 0.2) is 0 Å². The molecule has 350 valence electrons. The molecule has 0 aromatic carbocycles. The summed E-state index contributed by atoms with van der Waals surface area (Å²) in [6.07, 6.45) is 55.2. The van der Waals surface area contributed by atoms with Crippen LogP contribution in [0.4, 0.5) is 0 Å². The zero-order valence-electron chi connectivity index (χ0n) is 39.6. The predicted octanol–water partition coefficient (Wildman–Crippen LogP) is 14.3. The Kier molecular flexibility index (Phi) is 42.5. The molecule has 0 radical (unpaired) electrons. The summed E-state index contributed by atoms with van der Waals surface area (Å²) >= 11 is 0. The molecule has 0 aliphatic heterocycles. The van der Waals surface area contributed by atoms with Crippen molar-refractivity contribution in [3.05, 3.63) is 60.8 Å². The molecule has 0 aromatic rings. The van der Waals surface area contributed by atoms with Gasteiger partial charge in [-0.3, -0.25) is 9.36 Å². The van der Waals surface area contributed by atoms with E-state index in [0.717, 1.165) is 70.6 Å². The largest absolute Gasteiger partial charge is 0.756 e. The first-order valence-electron chi connectivity index (χ1n) is 24.5. The van der Waals surface area contributed by atoms with Gasteiger partial charge in [-0.2, -0.15) is 0 Å². The first kappa shape index (κ1) is 58.2. The minimum Gasteiger partial charge on any atom is -0.756 e. The van der Waals surface area contributed by atoms with Crippen LogP contribution in [0.25, 0.3) is 0 Å². The molecule has 0 fully saturated rings. The average molecular weight is 864 g/mol. The number of phosphoric acid groups is 1. The summed E-state index contributed by atoms with van der Waals surface area (Å²) < 4.78 is 34.7. The highest BCUT2D eigenvalue weighted by atomic mass is 31.2. The number of hydrogen-bond donors (Lipinski definition) is 0. The highest BCUT2D eigenvalue weighted by Gasteiger charge is 2.20. The second-order valence-electron chi connectivity index (χ2n) is 17.4. The van der Waals surface area contributed by atoms with E-state index in [0.29, 0.717) is 24.1 Å². The lowest BCUT2D eigenvalue weighted by Crippen LogP contribution is -2.37. The van der Waals surface area contributed by atoms with Crippen LogP contribution in [0, 0.1) is 0 Å². The Morgan fingerprint density at radius 2 is 0.967 bits per heavy atom. The second-order valence-corrected chi connectivity index (χ2v) is 18.8. The van der Waals surface area contributed by atoms with Gasteiger partial charge in [0.2, 0.25) is 0 Å². The van der Waals surface area contributed by atoms with Gasteiger partial charge in [0, 0.05) is 13.0 Å². The summed E-state index contributed by atoms with van der Waals surface area (Å²) in [6, 6.07) is 0. The van der Waals surface area contributed by atoms with E-state index in [2.05, 4.69) is 74.6 Å². The zero-order valence-corrected chi connectivity index (χ0v) is 40.5. The van der Waals surface area contributed by atoms with Crippen molar-refractivity contribution in [2.45, 2.75) is 206 Å². The topological polar surface area (TPSA) is 94.1 Å². The number of phosphoric ester groups is 1. The Bertz CT molecular complexity index is 1140. The highest BCUT2D eigenvalue weighted by Crippen LogP contribution is 2.38. The smallest absolute Gasteiger partial charge is 0.306 e. The minimum atomic E-state index is -4.54. The van der Waals surface area contributed by atoms with Gasteiger partial charge < -0.3 is 27.9 Å². The molecule has 0 aliphatic rings. The van der Waals surface area contributed by atoms with Crippen LogP contribution in [-0.2, 0) is 27.9 Å². The number of carbonyl (C=O) groups excluding carboxylic acids is 1. The number of esters is 1. The molecule has 0 amide bonds. The lowest BCUT2D eigenvalue weighted by atomic mass is 10.1. The lowest BCUT2D eigenvalue weighted by Gasteiger charge is -2.28. The van der Waals surface area contributed by atoms with Crippen molar-refractivity contribution in [3.63, 3.8) is 0 Å². The fourth-order valence-electron chi connectivity index (χ4n) is 6.53. The number of quaternary nitrogens is 1. The first-order chi connectivity index (χ1) is 29.1. The number of ether oxygens (including phenoxy) is 2. The molecule has 2 unspecified atom stereocenters. The average Bonchev–Trinajstić information content (AvgIpc) is 3.20. The standard InChI is InChI=1S/C51H94NO7P/c1-6-8-10-12-14-16-18-20-22-24-26-27-29-31-33-35-37-39-41-43-46-56-48-50(49-58-60(54,55)57-47-45-52(3,4)5)59-51(53)44-42-40-38-36-34-32-30-28-25-23-21-19-17-15-13-11-9-7-2/h8,10,14,16,20,22-23,25-27,50H,6-7,9,11-13,15,17-19,21,24,28-49H2,1-5H3/b10-8-,16-14-,22-20-,25-23-,27-26-. The number of rotatable bonds is 45. The summed E-state index contributed by atoms with van der Waals surface area (Å²) in [6.45, 7) is 5.27. The fraction of sp³-hybridized carbons (Fsp3) is 0.784. The van der Waals surface area contributed by atoms with E-state index in [9.17, 15) is 14.3 Å². The number of likely N-dealkylation sites (N-methyl/N-ethyl adjacent to an activating group) is 1. The third-order valence-corrected chi connectivity index (χ3v) is 11.3. The van der Waals surface area contributed by atoms with Gasteiger partial charge in [0.05, 0.1) is 34.4 Å². The van der Waals surface area contributed by atoms with Gasteiger partial charge >= 0.3 is 5.97 Å². The molecule has 0 heterocycles. The van der Waals surface area contributed by atoms with Gasteiger partial charge in [-0.15, -0.1) is 0 Å². The Morgan fingerprint density at radius 3 is 1.47 bits per heavy atom. The van der Waals surface area contributed by atoms with Crippen LogP contribution in [0.2, 0.25) is 0 Å². The van der Waals surface area contributed by atoms with E-state index in [1.807, 2.05) is 21.1 Å². The SMILES string of the molecule is CC/C=C\C/C=C\C/C=C\C/C=C\CCCCCCCCCOCC(COP(=O)([O-])OCC[N+](C)(C)C)OC(=O)CCCCCCCCC/C=C\CCCCCCCCC. The van der Waals surface area contributed by atoms with Crippen molar-refractivity contribution in [1.82, 2.24) is 0 Å². The molecule has 0 saturated carbocycles. The molecule has 0 rings (SSSR count). The maximum Gasteiger partial charge on any atom is 0.306 e. The maximum absolute atomic E-state index is 12.7. The fourth-order valence-corrected chi connectivity index (χ4v) is 7.26. The monoisotopic (exact) mass is 864 g/mol. The van der Waals surface area contributed by atoms with Crippen molar-refractivity contribution in [3.8, 4) is 0 Å². The van der Waals surface area contributed by atoms with Crippen LogP contribution in [-0.4, -0.2) is 70.7 Å². The highest BCUT2D eigenvalue weighted by molar-refractivity contribution is 7.45. The quantitative estimate of drug-likeness (QED) is 0.0198. The normalized spacial score (nSPS) is 14.2. The molecule has 60 heavy (non-hydrogen) atoms. The summed E-state index contributed by atoms with van der Waals surface area (Å²) in [5.74, 6) is -0.343. The van der Waals surface area contributed by atoms with Crippen molar-refractivity contribution >= 4 is 13.8 Å². The molecule has 2 atom stereocenters. The molecule has 0 N–H and O–H groups in total.